The van der Waals surface area contributed by atoms with Crippen LogP contribution < -0.4 is 15.8 Å². The van der Waals surface area contributed by atoms with Crippen LogP contribution in [-0.2, 0) is 0 Å². The summed E-state index contributed by atoms with van der Waals surface area (Å²) in [7, 11) is 1.37. The molecule has 0 saturated carbocycles. The lowest BCUT2D eigenvalue weighted by Crippen LogP contribution is -2.01. The van der Waals surface area contributed by atoms with Crippen molar-refractivity contribution in [3.05, 3.63) is 47.3 Å². The number of rotatable bonds is 3. The van der Waals surface area contributed by atoms with Crippen LogP contribution >= 0.6 is 0 Å². The molecule has 0 aliphatic rings. The third kappa shape index (κ3) is 2.64. The third-order valence-corrected chi connectivity index (χ3v) is 2.84. The first-order valence-electron chi connectivity index (χ1n) is 5.78. The summed E-state index contributed by atoms with van der Waals surface area (Å²) >= 11 is 0. The SMILES string of the molecule is COc1cc(Nc2cc(F)c(C)cc2F)c(F)cc1N. The lowest BCUT2D eigenvalue weighted by Gasteiger charge is -2.12. The lowest BCUT2D eigenvalue weighted by molar-refractivity contribution is 0.416. The van der Waals surface area contributed by atoms with Crippen molar-refractivity contribution in [3.8, 4) is 5.75 Å². The number of nitrogen functional groups attached to an aromatic ring is 1. The van der Waals surface area contributed by atoms with Crippen LogP contribution in [0.15, 0.2) is 24.3 Å². The number of anilines is 3. The van der Waals surface area contributed by atoms with E-state index in [9.17, 15) is 13.2 Å². The minimum atomic E-state index is -0.691. The van der Waals surface area contributed by atoms with Gasteiger partial charge in [-0.1, -0.05) is 0 Å². The molecule has 0 heterocycles. The molecule has 0 radical (unpaired) electrons. The van der Waals surface area contributed by atoms with Gasteiger partial charge in [-0.3, -0.25) is 0 Å². The van der Waals surface area contributed by atoms with E-state index in [4.69, 9.17) is 10.5 Å². The second-order valence-corrected chi connectivity index (χ2v) is 4.28. The van der Waals surface area contributed by atoms with Gasteiger partial charge in [0.05, 0.1) is 24.2 Å². The van der Waals surface area contributed by atoms with Crippen LogP contribution in [0, 0.1) is 24.4 Å². The maximum atomic E-state index is 13.7. The molecule has 3 nitrogen and oxygen atoms in total. The van der Waals surface area contributed by atoms with Gasteiger partial charge in [0.2, 0.25) is 0 Å². The predicted octanol–water partition coefficient (Wildman–Crippen LogP) is 3.75. The van der Waals surface area contributed by atoms with Crippen molar-refractivity contribution < 1.29 is 17.9 Å². The van der Waals surface area contributed by atoms with E-state index >= 15 is 0 Å². The fraction of sp³-hybridized carbons (Fsp3) is 0.143. The number of halogens is 3. The zero-order chi connectivity index (χ0) is 14.9. The van der Waals surface area contributed by atoms with Gasteiger partial charge in [-0.2, -0.15) is 0 Å². The number of benzene rings is 2. The Balaban J connectivity index is 2.42. The Bertz CT molecular complexity index is 659. The molecule has 3 N–H and O–H groups in total. The highest BCUT2D eigenvalue weighted by Crippen LogP contribution is 2.31. The van der Waals surface area contributed by atoms with Crippen molar-refractivity contribution in [2.24, 2.45) is 0 Å². The molecule has 0 amide bonds. The molecule has 0 spiro atoms. The Hall–Kier alpha value is -2.37. The molecule has 2 rings (SSSR count). The van der Waals surface area contributed by atoms with Gasteiger partial charge in [0.1, 0.15) is 23.2 Å². The van der Waals surface area contributed by atoms with E-state index in [-0.39, 0.29) is 28.4 Å². The molecule has 0 saturated heterocycles. The molecule has 20 heavy (non-hydrogen) atoms. The summed E-state index contributed by atoms with van der Waals surface area (Å²) in [5.74, 6) is -1.72. The Morgan fingerprint density at radius 1 is 0.950 bits per heavy atom. The summed E-state index contributed by atoms with van der Waals surface area (Å²) in [5, 5.41) is 2.48. The van der Waals surface area contributed by atoms with Crippen LogP contribution in [0.4, 0.5) is 30.2 Å². The number of ether oxygens (including phenoxy) is 1. The molecular weight excluding hydrogens is 269 g/mol. The van der Waals surface area contributed by atoms with Crippen LogP contribution in [0.25, 0.3) is 0 Å². The van der Waals surface area contributed by atoms with Gasteiger partial charge >= 0.3 is 0 Å². The fourth-order valence-corrected chi connectivity index (χ4v) is 1.73. The Labute approximate surface area is 114 Å². The van der Waals surface area contributed by atoms with Crippen molar-refractivity contribution in [1.29, 1.82) is 0 Å². The predicted molar refractivity (Wildman–Crippen MR) is 71.7 cm³/mol. The minimum absolute atomic E-state index is 0.0572. The number of nitrogens with two attached hydrogens (primary N) is 1. The summed E-state index contributed by atoms with van der Waals surface area (Å²) < 4.78 is 45.8. The molecule has 0 aliphatic heterocycles. The summed E-state index contributed by atoms with van der Waals surface area (Å²) in [6.45, 7) is 1.44. The molecule has 2 aromatic carbocycles. The van der Waals surface area contributed by atoms with Gasteiger partial charge < -0.3 is 15.8 Å². The summed E-state index contributed by atoms with van der Waals surface area (Å²) in [6.07, 6.45) is 0. The molecule has 2 aromatic rings. The third-order valence-electron chi connectivity index (χ3n) is 2.84. The van der Waals surface area contributed by atoms with Crippen molar-refractivity contribution in [2.75, 3.05) is 18.2 Å². The maximum Gasteiger partial charge on any atom is 0.148 e. The first kappa shape index (κ1) is 14.0. The number of hydrogen-bond donors (Lipinski definition) is 2. The topological polar surface area (TPSA) is 47.3 Å². The van der Waals surface area contributed by atoms with E-state index < -0.39 is 17.5 Å². The molecule has 0 aliphatic carbocycles. The average Bonchev–Trinajstić information content (AvgIpc) is 2.38. The quantitative estimate of drug-likeness (QED) is 0.843. The molecule has 6 heteroatoms. The van der Waals surface area contributed by atoms with Crippen molar-refractivity contribution in [2.45, 2.75) is 6.92 Å². The highest BCUT2D eigenvalue weighted by molar-refractivity contribution is 5.68. The van der Waals surface area contributed by atoms with Crippen LogP contribution in [-0.4, -0.2) is 7.11 Å². The molecule has 0 atom stereocenters. The van der Waals surface area contributed by atoms with Crippen LogP contribution in [0.5, 0.6) is 5.75 Å². The molecule has 0 fully saturated rings. The van der Waals surface area contributed by atoms with Gasteiger partial charge in [-0.25, -0.2) is 13.2 Å². The summed E-state index contributed by atoms with van der Waals surface area (Å²) in [4.78, 5) is 0. The van der Waals surface area contributed by atoms with Crippen LogP contribution in [0.3, 0.4) is 0 Å². The average molecular weight is 282 g/mol. The molecular formula is C14H13F3N2O. The standard InChI is InChI=1S/C14H13F3N2O/c1-7-3-9(16)12(5-8(7)15)19-13-6-14(20-2)11(18)4-10(13)17/h3-6,19H,18H2,1-2H3. The number of hydrogen-bond acceptors (Lipinski definition) is 3. The van der Waals surface area contributed by atoms with Gasteiger partial charge in [-0.15, -0.1) is 0 Å². The lowest BCUT2D eigenvalue weighted by atomic mass is 10.2. The highest BCUT2D eigenvalue weighted by atomic mass is 19.1. The summed E-state index contributed by atoms with van der Waals surface area (Å²) in [5.41, 5.74) is 5.60. The van der Waals surface area contributed by atoms with E-state index in [2.05, 4.69) is 5.32 Å². The first-order chi connectivity index (χ1) is 9.42. The van der Waals surface area contributed by atoms with E-state index in [0.29, 0.717) is 0 Å². The van der Waals surface area contributed by atoms with Gasteiger partial charge in [0.25, 0.3) is 0 Å². The minimum Gasteiger partial charge on any atom is -0.495 e. The van der Waals surface area contributed by atoms with Crippen molar-refractivity contribution >= 4 is 17.1 Å². The monoisotopic (exact) mass is 282 g/mol. The number of nitrogens with one attached hydrogen (secondary N) is 1. The second kappa shape index (κ2) is 5.32. The van der Waals surface area contributed by atoms with Crippen LogP contribution in [0.2, 0.25) is 0 Å². The Morgan fingerprint density at radius 2 is 1.55 bits per heavy atom. The van der Waals surface area contributed by atoms with Gasteiger partial charge in [0, 0.05) is 18.2 Å². The molecule has 106 valence electrons. The smallest absolute Gasteiger partial charge is 0.148 e. The Kier molecular flexibility index (Phi) is 3.74. The highest BCUT2D eigenvalue weighted by Gasteiger charge is 2.12. The van der Waals surface area contributed by atoms with E-state index in [1.165, 1.54) is 20.1 Å². The molecule has 0 aromatic heterocycles. The number of aryl methyl sites for hydroxylation is 1. The van der Waals surface area contributed by atoms with Gasteiger partial charge in [-0.05, 0) is 18.6 Å². The van der Waals surface area contributed by atoms with E-state index in [1.54, 1.807) is 0 Å². The van der Waals surface area contributed by atoms with Gasteiger partial charge in [0.15, 0.2) is 0 Å². The summed E-state index contributed by atoms with van der Waals surface area (Å²) in [6, 6.07) is 4.32. The molecule has 0 unspecified atom stereocenters. The number of methoxy groups -OCH3 is 1. The zero-order valence-electron chi connectivity index (χ0n) is 10.9. The second-order valence-electron chi connectivity index (χ2n) is 4.28. The van der Waals surface area contributed by atoms with Crippen LogP contribution in [0.1, 0.15) is 5.56 Å². The fourth-order valence-electron chi connectivity index (χ4n) is 1.73. The van der Waals surface area contributed by atoms with Crippen molar-refractivity contribution in [1.82, 2.24) is 0 Å². The molecule has 0 bridgehead atoms. The normalized spacial score (nSPS) is 10.4. The maximum absolute atomic E-state index is 13.7. The first-order valence-corrected chi connectivity index (χ1v) is 5.78. The zero-order valence-corrected chi connectivity index (χ0v) is 10.9. The van der Waals surface area contributed by atoms with E-state index in [0.717, 1.165) is 18.2 Å². The Morgan fingerprint density at radius 3 is 2.20 bits per heavy atom. The van der Waals surface area contributed by atoms with Crippen molar-refractivity contribution in [3.63, 3.8) is 0 Å². The largest absolute Gasteiger partial charge is 0.495 e. The van der Waals surface area contributed by atoms with E-state index in [1.807, 2.05) is 0 Å².